The van der Waals surface area contributed by atoms with Crippen molar-refractivity contribution in [2.75, 3.05) is 26.4 Å². The molecule has 0 rings (SSSR count). The molecule has 0 heterocycles. The molecular weight excluding hydrogens is 249 g/mol. The molecule has 0 saturated carbocycles. The summed E-state index contributed by atoms with van der Waals surface area (Å²) in [5, 5.41) is 17.7. The molecule has 0 aliphatic rings. The summed E-state index contributed by atoms with van der Waals surface area (Å²) in [6.07, 6.45) is 0.0510. The highest BCUT2D eigenvalue weighted by Crippen LogP contribution is 2.52. The summed E-state index contributed by atoms with van der Waals surface area (Å²) in [4.78, 5) is 0. The molecule has 0 aromatic rings. The highest BCUT2D eigenvalue weighted by atomic mass is 31.2. The molecule has 0 aliphatic carbocycles. The Morgan fingerprint density at radius 2 is 1.53 bits per heavy atom. The maximum atomic E-state index is 12.1. The maximum absolute atomic E-state index is 12.1. The molecule has 0 aromatic carbocycles. The van der Waals surface area contributed by atoms with Crippen molar-refractivity contribution in [2.24, 2.45) is 5.73 Å². The summed E-state index contributed by atoms with van der Waals surface area (Å²) in [7, 11) is -3.75. The van der Waals surface area contributed by atoms with Gasteiger partial charge in [-0.2, -0.15) is 0 Å². The predicted molar refractivity (Wildman–Crippen MR) is 62.3 cm³/mol. The van der Waals surface area contributed by atoms with E-state index in [4.69, 9.17) is 29.5 Å². The topological polar surface area (TPSA) is 111 Å². The van der Waals surface area contributed by atoms with E-state index in [9.17, 15) is 4.57 Å². The van der Waals surface area contributed by atoms with Crippen LogP contribution in [0.3, 0.4) is 0 Å². The first-order valence-corrected chi connectivity index (χ1v) is 7.01. The Balaban J connectivity index is 4.72. The van der Waals surface area contributed by atoms with Crippen LogP contribution in [0.15, 0.2) is 0 Å². The quantitative estimate of drug-likeness (QED) is 0.394. The van der Waals surface area contributed by atoms with Gasteiger partial charge in [0.2, 0.25) is 0 Å². The van der Waals surface area contributed by atoms with Gasteiger partial charge in [0.1, 0.15) is 5.72 Å². The molecule has 0 amide bonds. The van der Waals surface area contributed by atoms with Crippen LogP contribution in [0.2, 0.25) is 0 Å². The number of rotatable bonds is 10. The molecule has 7 nitrogen and oxygen atoms in total. The normalized spacial score (nSPS) is 13.0. The standard InChI is InChI=1S/C9H22NO6P/c1-3-14-17(13,15-4-2)16-9(10,5-7-11)6-8-12/h11-12H,3-8,10H2,1-2H3. The Morgan fingerprint density at radius 3 is 1.82 bits per heavy atom. The van der Waals surface area contributed by atoms with Crippen molar-refractivity contribution >= 4 is 7.82 Å². The first kappa shape index (κ1) is 17.0. The van der Waals surface area contributed by atoms with Gasteiger partial charge in [0, 0.05) is 26.1 Å². The highest BCUT2D eigenvalue weighted by Gasteiger charge is 2.37. The smallest absolute Gasteiger partial charge is 0.396 e. The second-order valence-electron chi connectivity index (χ2n) is 3.39. The molecular formula is C9H22NO6P. The monoisotopic (exact) mass is 271 g/mol. The lowest BCUT2D eigenvalue weighted by Gasteiger charge is -2.31. The lowest BCUT2D eigenvalue weighted by molar-refractivity contribution is -0.0154. The molecule has 8 heteroatoms. The van der Waals surface area contributed by atoms with Gasteiger partial charge in [0.05, 0.1) is 13.2 Å². The fourth-order valence-corrected chi connectivity index (χ4v) is 2.66. The third-order valence-electron chi connectivity index (χ3n) is 1.94. The fraction of sp³-hybridized carbons (Fsp3) is 1.00. The van der Waals surface area contributed by atoms with Gasteiger partial charge >= 0.3 is 7.82 Å². The van der Waals surface area contributed by atoms with Crippen LogP contribution in [0, 0.1) is 0 Å². The van der Waals surface area contributed by atoms with Crippen LogP contribution in [0.4, 0.5) is 0 Å². The van der Waals surface area contributed by atoms with Gasteiger partial charge in [-0.05, 0) is 13.8 Å². The van der Waals surface area contributed by atoms with Crippen LogP contribution >= 0.6 is 7.82 Å². The Bertz CT molecular complexity index is 234. The number of hydrogen-bond acceptors (Lipinski definition) is 7. The van der Waals surface area contributed by atoms with Gasteiger partial charge in [-0.1, -0.05) is 0 Å². The summed E-state index contributed by atoms with van der Waals surface area (Å²) in [6, 6.07) is 0. The first-order chi connectivity index (χ1) is 7.95. The van der Waals surface area contributed by atoms with Crippen molar-refractivity contribution in [1.82, 2.24) is 0 Å². The van der Waals surface area contributed by atoms with E-state index in [0.717, 1.165) is 0 Å². The second kappa shape index (κ2) is 8.16. The van der Waals surface area contributed by atoms with Gasteiger partial charge in [0.25, 0.3) is 0 Å². The Hall–Kier alpha value is -0.0100. The van der Waals surface area contributed by atoms with E-state index in [-0.39, 0.29) is 39.3 Å². The number of aliphatic hydroxyl groups is 2. The van der Waals surface area contributed by atoms with Crippen LogP contribution in [0.25, 0.3) is 0 Å². The average Bonchev–Trinajstić information content (AvgIpc) is 2.17. The average molecular weight is 271 g/mol. The van der Waals surface area contributed by atoms with E-state index in [1.165, 1.54) is 0 Å². The van der Waals surface area contributed by atoms with Crippen molar-refractivity contribution in [2.45, 2.75) is 32.4 Å². The second-order valence-corrected chi connectivity index (χ2v) is 4.98. The minimum absolute atomic E-state index is 0.0255. The molecule has 104 valence electrons. The zero-order valence-corrected chi connectivity index (χ0v) is 11.2. The number of nitrogens with two attached hydrogens (primary N) is 1. The lowest BCUT2D eigenvalue weighted by Crippen LogP contribution is -2.44. The van der Waals surface area contributed by atoms with Crippen molar-refractivity contribution < 1.29 is 28.3 Å². The predicted octanol–water partition coefficient (Wildman–Crippen LogP) is 0.604. The maximum Gasteiger partial charge on any atom is 0.476 e. The number of phosphoric ester groups is 1. The van der Waals surface area contributed by atoms with E-state index < -0.39 is 13.5 Å². The van der Waals surface area contributed by atoms with E-state index in [1.54, 1.807) is 13.8 Å². The Kier molecular flexibility index (Phi) is 8.15. The minimum atomic E-state index is -3.75. The van der Waals surface area contributed by atoms with Crippen molar-refractivity contribution in [3.63, 3.8) is 0 Å². The third-order valence-corrected chi connectivity index (χ3v) is 3.67. The van der Waals surface area contributed by atoms with Crippen molar-refractivity contribution in [1.29, 1.82) is 0 Å². The molecule has 0 spiro atoms. The molecule has 0 saturated heterocycles. The molecule has 17 heavy (non-hydrogen) atoms. The van der Waals surface area contributed by atoms with Crippen LogP contribution in [0.1, 0.15) is 26.7 Å². The minimum Gasteiger partial charge on any atom is -0.396 e. The lowest BCUT2D eigenvalue weighted by atomic mass is 10.1. The molecule has 0 aromatic heterocycles. The van der Waals surface area contributed by atoms with Crippen LogP contribution in [-0.2, 0) is 18.1 Å². The van der Waals surface area contributed by atoms with Crippen LogP contribution in [0.5, 0.6) is 0 Å². The molecule has 0 fully saturated rings. The summed E-state index contributed by atoms with van der Waals surface area (Å²) in [6.45, 7) is 3.07. The number of phosphoric acid groups is 1. The summed E-state index contributed by atoms with van der Waals surface area (Å²) in [5.41, 5.74) is 4.36. The van der Waals surface area contributed by atoms with Crippen molar-refractivity contribution in [3.05, 3.63) is 0 Å². The van der Waals surface area contributed by atoms with Gasteiger partial charge in [-0.3, -0.25) is 13.6 Å². The van der Waals surface area contributed by atoms with E-state index >= 15 is 0 Å². The summed E-state index contributed by atoms with van der Waals surface area (Å²) in [5.74, 6) is 0. The number of aliphatic hydroxyl groups excluding tert-OH is 2. The zero-order chi connectivity index (χ0) is 13.4. The first-order valence-electron chi connectivity index (χ1n) is 5.55. The van der Waals surface area contributed by atoms with Crippen LogP contribution < -0.4 is 5.73 Å². The van der Waals surface area contributed by atoms with Crippen molar-refractivity contribution in [3.8, 4) is 0 Å². The Labute approximate surface area is 101 Å². The molecule has 0 aliphatic heterocycles. The zero-order valence-electron chi connectivity index (χ0n) is 10.3. The van der Waals surface area contributed by atoms with E-state index in [2.05, 4.69) is 0 Å². The SMILES string of the molecule is CCOP(=O)(OCC)OC(N)(CCO)CCO. The molecule has 0 bridgehead atoms. The van der Waals surface area contributed by atoms with Gasteiger partial charge in [-0.15, -0.1) is 0 Å². The molecule has 4 N–H and O–H groups in total. The van der Waals surface area contributed by atoms with E-state index in [0.29, 0.717) is 0 Å². The van der Waals surface area contributed by atoms with Gasteiger partial charge in [0.15, 0.2) is 0 Å². The molecule has 0 unspecified atom stereocenters. The largest absolute Gasteiger partial charge is 0.476 e. The van der Waals surface area contributed by atoms with Gasteiger partial charge < -0.3 is 15.9 Å². The van der Waals surface area contributed by atoms with Gasteiger partial charge in [-0.25, -0.2) is 4.57 Å². The molecule has 0 atom stereocenters. The summed E-state index contributed by atoms with van der Waals surface area (Å²) >= 11 is 0. The number of hydrogen-bond donors (Lipinski definition) is 3. The summed E-state index contributed by atoms with van der Waals surface area (Å²) < 4.78 is 27.1. The highest BCUT2D eigenvalue weighted by molar-refractivity contribution is 7.48. The third kappa shape index (κ3) is 6.47. The Morgan fingerprint density at radius 1 is 1.12 bits per heavy atom. The fourth-order valence-electron chi connectivity index (χ4n) is 1.22. The van der Waals surface area contributed by atoms with E-state index in [1.807, 2.05) is 0 Å². The molecule has 0 radical (unpaired) electrons. The van der Waals surface area contributed by atoms with Crippen LogP contribution in [-0.4, -0.2) is 42.4 Å².